The van der Waals surface area contributed by atoms with Crippen LogP contribution in [-0.2, 0) is 13.5 Å². The van der Waals surface area contributed by atoms with Gasteiger partial charge in [-0.3, -0.25) is 4.68 Å². The first-order valence-corrected chi connectivity index (χ1v) is 5.42. The van der Waals surface area contributed by atoms with Gasteiger partial charge in [0.2, 0.25) is 0 Å². The first-order chi connectivity index (χ1) is 6.78. The molecular weight excluding hydrogens is 174 g/mol. The molecule has 3 heteroatoms. The van der Waals surface area contributed by atoms with Crippen molar-refractivity contribution >= 4 is 0 Å². The normalized spacial score (nSPS) is 18.4. The second-order valence-electron chi connectivity index (χ2n) is 4.39. The zero-order valence-electron chi connectivity index (χ0n) is 9.03. The van der Waals surface area contributed by atoms with Crippen molar-refractivity contribution in [1.29, 1.82) is 0 Å². The predicted molar refractivity (Wildman–Crippen MR) is 57.1 cm³/mol. The van der Waals surface area contributed by atoms with E-state index in [-0.39, 0.29) is 0 Å². The maximum absolute atomic E-state index is 4.19. The summed E-state index contributed by atoms with van der Waals surface area (Å²) in [6.45, 7) is 0. The van der Waals surface area contributed by atoms with Crippen LogP contribution in [-0.4, -0.2) is 22.9 Å². The Bertz CT molecular complexity index is 288. The zero-order chi connectivity index (χ0) is 9.97. The summed E-state index contributed by atoms with van der Waals surface area (Å²) in [5, 5.41) is 7.58. The lowest BCUT2D eigenvalue weighted by Gasteiger charge is -2.14. The molecule has 14 heavy (non-hydrogen) atoms. The Morgan fingerprint density at radius 3 is 2.93 bits per heavy atom. The van der Waals surface area contributed by atoms with Gasteiger partial charge in [-0.1, -0.05) is 12.8 Å². The van der Waals surface area contributed by atoms with Gasteiger partial charge in [-0.05, 0) is 31.4 Å². The van der Waals surface area contributed by atoms with Crippen LogP contribution >= 0.6 is 0 Å². The van der Waals surface area contributed by atoms with Crippen molar-refractivity contribution in [2.45, 2.75) is 31.7 Å². The molecule has 1 aliphatic carbocycles. The quantitative estimate of drug-likeness (QED) is 0.765. The standard InChI is InChI=1S/C11H19N3/c1-12-11(5-9-3-4-9)6-10-7-13-14(2)8-10/h7-9,11-12H,3-6H2,1-2H3. The Labute approximate surface area is 85.5 Å². The highest BCUT2D eigenvalue weighted by Crippen LogP contribution is 2.33. The van der Waals surface area contributed by atoms with Gasteiger partial charge in [-0.2, -0.15) is 5.10 Å². The number of aromatic nitrogens is 2. The highest BCUT2D eigenvalue weighted by atomic mass is 15.2. The van der Waals surface area contributed by atoms with Crippen LogP contribution in [0.3, 0.4) is 0 Å². The summed E-state index contributed by atoms with van der Waals surface area (Å²) < 4.78 is 1.87. The van der Waals surface area contributed by atoms with E-state index in [4.69, 9.17) is 0 Å². The first-order valence-electron chi connectivity index (χ1n) is 5.42. The van der Waals surface area contributed by atoms with Gasteiger partial charge in [0.1, 0.15) is 0 Å². The molecule has 3 nitrogen and oxygen atoms in total. The van der Waals surface area contributed by atoms with Gasteiger partial charge in [-0.15, -0.1) is 0 Å². The minimum absolute atomic E-state index is 0.631. The van der Waals surface area contributed by atoms with E-state index in [0.717, 1.165) is 12.3 Å². The predicted octanol–water partition coefficient (Wildman–Crippen LogP) is 1.35. The van der Waals surface area contributed by atoms with Gasteiger partial charge in [0.15, 0.2) is 0 Å². The van der Waals surface area contributed by atoms with Crippen molar-refractivity contribution in [2.24, 2.45) is 13.0 Å². The maximum atomic E-state index is 4.19. The van der Waals surface area contributed by atoms with Gasteiger partial charge in [0.05, 0.1) is 6.20 Å². The lowest BCUT2D eigenvalue weighted by Crippen LogP contribution is -2.27. The molecule has 1 atom stereocenters. The summed E-state index contributed by atoms with van der Waals surface area (Å²) in [4.78, 5) is 0. The van der Waals surface area contributed by atoms with Crippen LogP contribution in [0.5, 0.6) is 0 Å². The molecule has 1 aliphatic rings. The van der Waals surface area contributed by atoms with Crippen LogP contribution in [0.1, 0.15) is 24.8 Å². The molecule has 0 radical (unpaired) electrons. The average molecular weight is 193 g/mol. The topological polar surface area (TPSA) is 29.9 Å². The number of hydrogen-bond donors (Lipinski definition) is 1. The summed E-state index contributed by atoms with van der Waals surface area (Å²) in [6.07, 6.45) is 9.39. The number of hydrogen-bond acceptors (Lipinski definition) is 2. The third-order valence-electron chi connectivity index (χ3n) is 2.96. The Morgan fingerprint density at radius 2 is 2.43 bits per heavy atom. The van der Waals surface area contributed by atoms with Crippen molar-refractivity contribution in [2.75, 3.05) is 7.05 Å². The van der Waals surface area contributed by atoms with Crippen LogP contribution in [0.2, 0.25) is 0 Å². The largest absolute Gasteiger partial charge is 0.317 e. The Hall–Kier alpha value is -0.830. The van der Waals surface area contributed by atoms with E-state index < -0.39 is 0 Å². The summed E-state index contributed by atoms with van der Waals surface area (Å²) >= 11 is 0. The zero-order valence-corrected chi connectivity index (χ0v) is 9.03. The van der Waals surface area contributed by atoms with Crippen molar-refractivity contribution in [3.8, 4) is 0 Å². The fraction of sp³-hybridized carbons (Fsp3) is 0.727. The molecule has 1 unspecified atom stereocenters. The number of nitrogens with zero attached hydrogens (tertiary/aromatic N) is 2. The number of nitrogens with one attached hydrogen (secondary N) is 1. The fourth-order valence-electron chi connectivity index (χ4n) is 1.92. The molecule has 1 saturated carbocycles. The van der Waals surface area contributed by atoms with E-state index in [1.165, 1.54) is 24.8 Å². The average Bonchev–Trinajstić information content (AvgIpc) is 2.89. The van der Waals surface area contributed by atoms with Crippen molar-refractivity contribution in [1.82, 2.24) is 15.1 Å². The highest BCUT2D eigenvalue weighted by molar-refractivity contribution is 5.06. The SMILES string of the molecule is CNC(Cc1cnn(C)c1)CC1CC1. The van der Waals surface area contributed by atoms with Crippen LogP contribution in [0.15, 0.2) is 12.4 Å². The lowest BCUT2D eigenvalue weighted by molar-refractivity contribution is 0.490. The number of aryl methyl sites for hydroxylation is 1. The van der Waals surface area contributed by atoms with Gasteiger partial charge in [0.25, 0.3) is 0 Å². The summed E-state index contributed by atoms with van der Waals surface area (Å²) in [5.41, 5.74) is 1.34. The van der Waals surface area contributed by atoms with E-state index in [9.17, 15) is 0 Å². The molecule has 0 bridgehead atoms. The smallest absolute Gasteiger partial charge is 0.0522 e. The molecule has 0 aromatic carbocycles. The molecule has 0 spiro atoms. The molecular formula is C11H19N3. The molecule has 2 rings (SSSR count). The van der Waals surface area contributed by atoms with Crippen LogP contribution in [0.4, 0.5) is 0 Å². The van der Waals surface area contributed by atoms with Crippen molar-refractivity contribution in [3.05, 3.63) is 18.0 Å². The Kier molecular flexibility index (Phi) is 2.87. The number of likely N-dealkylation sites (N-methyl/N-ethyl adjacent to an activating group) is 1. The molecule has 78 valence electrons. The van der Waals surface area contributed by atoms with Gasteiger partial charge < -0.3 is 5.32 Å². The molecule has 0 amide bonds. The summed E-state index contributed by atoms with van der Waals surface area (Å²) in [5.74, 6) is 0.990. The van der Waals surface area contributed by atoms with Gasteiger partial charge in [0, 0.05) is 19.3 Å². The van der Waals surface area contributed by atoms with Crippen molar-refractivity contribution in [3.63, 3.8) is 0 Å². The van der Waals surface area contributed by atoms with Crippen LogP contribution < -0.4 is 5.32 Å². The minimum Gasteiger partial charge on any atom is -0.317 e. The van der Waals surface area contributed by atoms with Crippen LogP contribution in [0, 0.1) is 5.92 Å². The number of rotatable bonds is 5. The van der Waals surface area contributed by atoms with E-state index in [1.54, 1.807) is 0 Å². The molecule has 1 heterocycles. The van der Waals surface area contributed by atoms with Crippen LogP contribution in [0.25, 0.3) is 0 Å². The maximum Gasteiger partial charge on any atom is 0.0522 e. The monoisotopic (exact) mass is 193 g/mol. The van der Waals surface area contributed by atoms with E-state index in [2.05, 4.69) is 23.7 Å². The Morgan fingerprint density at radius 1 is 1.64 bits per heavy atom. The highest BCUT2D eigenvalue weighted by Gasteiger charge is 2.24. The summed E-state index contributed by atoms with van der Waals surface area (Å²) in [6, 6.07) is 0.631. The molecule has 0 aliphatic heterocycles. The first kappa shape index (κ1) is 9.71. The lowest BCUT2D eigenvalue weighted by atomic mass is 10.0. The fourth-order valence-corrected chi connectivity index (χ4v) is 1.92. The molecule has 0 saturated heterocycles. The van der Waals surface area contributed by atoms with Gasteiger partial charge >= 0.3 is 0 Å². The van der Waals surface area contributed by atoms with E-state index >= 15 is 0 Å². The molecule has 1 fully saturated rings. The molecule has 1 aromatic heterocycles. The third-order valence-corrected chi connectivity index (χ3v) is 2.96. The van der Waals surface area contributed by atoms with Crippen molar-refractivity contribution < 1.29 is 0 Å². The summed E-state index contributed by atoms with van der Waals surface area (Å²) in [7, 11) is 4.03. The minimum atomic E-state index is 0.631. The molecule has 1 aromatic rings. The Balaban J connectivity index is 1.86. The molecule has 1 N–H and O–H groups in total. The van der Waals surface area contributed by atoms with Gasteiger partial charge in [-0.25, -0.2) is 0 Å². The third kappa shape index (κ3) is 2.58. The van der Waals surface area contributed by atoms with E-state index in [0.29, 0.717) is 6.04 Å². The second kappa shape index (κ2) is 4.13. The van der Waals surface area contributed by atoms with E-state index in [1.807, 2.05) is 17.9 Å². The second-order valence-corrected chi connectivity index (χ2v) is 4.39.